The standard InChI is InChI=1S/C11H14N2OS2/c1-8(16(2)14)7-13-10-6-4-3-5-9(10)12-11(13)15/h3-6,8H,7H2,1-2H3,(H,12,15). The van der Waals surface area contributed by atoms with Crippen LogP contribution in [0.15, 0.2) is 24.3 Å². The molecule has 1 aromatic heterocycles. The van der Waals surface area contributed by atoms with E-state index in [0.717, 1.165) is 11.0 Å². The number of hydrogen-bond donors (Lipinski definition) is 1. The van der Waals surface area contributed by atoms with Crippen molar-refractivity contribution in [2.24, 2.45) is 0 Å². The van der Waals surface area contributed by atoms with Crippen LogP contribution in [0.25, 0.3) is 11.0 Å². The minimum Gasteiger partial charge on any atom is -0.331 e. The number of nitrogens with one attached hydrogen (secondary N) is 1. The summed E-state index contributed by atoms with van der Waals surface area (Å²) in [6, 6.07) is 7.97. The first-order valence-corrected chi connectivity index (χ1v) is 7.12. The highest BCUT2D eigenvalue weighted by Crippen LogP contribution is 2.14. The number of imidazole rings is 1. The molecule has 0 aliphatic carbocycles. The third-order valence-corrected chi connectivity index (χ3v) is 4.29. The lowest BCUT2D eigenvalue weighted by molar-refractivity contribution is 0.647. The van der Waals surface area contributed by atoms with Crippen LogP contribution in [-0.2, 0) is 17.3 Å². The Kier molecular flexibility index (Phi) is 3.25. The summed E-state index contributed by atoms with van der Waals surface area (Å²) in [6.45, 7) is 2.66. The van der Waals surface area contributed by atoms with Crippen molar-refractivity contribution in [1.29, 1.82) is 0 Å². The minimum absolute atomic E-state index is 0.103. The number of nitrogens with zero attached hydrogens (tertiary/aromatic N) is 1. The SMILES string of the molecule is CC(Cn1c(=S)[nH]c2ccccc21)S(C)=O. The molecule has 5 heteroatoms. The minimum atomic E-state index is -0.827. The molecule has 0 aliphatic heterocycles. The summed E-state index contributed by atoms with van der Waals surface area (Å²) >= 11 is 5.27. The Bertz CT molecular complexity index is 585. The van der Waals surface area contributed by atoms with E-state index >= 15 is 0 Å². The van der Waals surface area contributed by atoms with E-state index in [4.69, 9.17) is 12.2 Å². The lowest BCUT2D eigenvalue weighted by atomic mass is 10.3. The third-order valence-electron chi connectivity index (χ3n) is 2.69. The smallest absolute Gasteiger partial charge is 0.178 e. The van der Waals surface area contributed by atoms with Crippen LogP contribution < -0.4 is 0 Å². The molecule has 0 saturated heterocycles. The summed E-state index contributed by atoms with van der Waals surface area (Å²) in [4.78, 5) is 3.15. The maximum Gasteiger partial charge on any atom is 0.178 e. The molecule has 2 aromatic rings. The van der Waals surface area contributed by atoms with Crippen molar-refractivity contribution in [2.75, 3.05) is 6.26 Å². The molecule has 0 aliphatic rings. The maximum absolute atomic E-state index is 11.4. The predicted octanol–water partition coefficient (Wildman–Crippen LogP) is 2.47. The molecule has 2 rings (SSSR count). The zero-order valence-corrected chi connectivity index (χ0v) is 10.9. The summed E-state index contributed by atoms with van der Waals surface area (Å²) < 4.78 is 14.1. The Hall–Kier alpha value is -0.940. The van der Waals surface area contributed by atoms with E-state index in [1.807, 2.05) is 35.8 Å². The van der Waals surface area contributed by atoms with Crippen LogP contribution in [0.5, 0.6) is 0 Å². The fraction of sp³-hybridized carbons (Fsp3) is 0.364. The summed E-state index contributed by atoms with van der Waals surface area (Å²) in [6.07, 6.45) is 1.73. The number of rotatable bonds is 3. The van der Waals surface area contributed by atoms with Crippen LogP contribution in [0, 0.1) is 4.77 Å². The molecule has 1 heterocycles. The molecule has 3 nitrogen and oxygen atoms in total. The lowest BCUT2D eigenvalue weighted by Crippen LogP contribution is -2.17. The highest BCUT2D eigenvalue weighted by atomic mass is 32.2. The molecular formula is C11H14N2OS2. The number of aromatic amines is 1. The highest BCUT2D eigenvalue weighted by Gasteiger charge is 2.10. The number of benzene rings is 1. The molecular weight excluding hydrogens is 240 g/mol. The van der Waals surface area contributed by atoms with Crippen molar-refractivity contribution in [2.45, 2.75) is 18.7 Å². The fourth-order valence-electron chi connectivity index (χ4n) is 1.65. The Morgan fingerprint density at radius 2 is 2.19 bits per heavy atom. The Morgan fingerprint density at radius 3 is 2.88 bits per heavy atom. The summed E-state index contributed by atoms with van der Waals surface area (Å²) in [5.74, 6) is 0. The number of hydrogen-bond acceptors (Lipinski definition) is 2. The number of para-hydroxylation sites is 2. The molecule has 2 unspecified atom stereocenters. The first-order valence-electron chi connectivity index (χ1n) is 5.09. The molecule has 16 heavy (non-hydrogen) atoms. The van der Waals surface area contributed by atoms with E-state index in [-0.39, 0.29) is 5.25 Å². The normalized spacial score (nSPS) is 15.1. The average Bonchev–Trinajstić information content (AvgIpc) is 2.55. The van der Waals surface area contributed by atoms with Crippen molar-refractivity contribution >= 4 is 34.1 Å². The van der Waals surface area contributed by atoms with Gasteiger partial charge in [0, 0.05) is 28.9 Å². The monoisotopic (exact) mass is 254 g/mol. The quantitative estimate of drug-likeness (QED) is 0.854. The van der Waals surface area contributed by atoms with Gasteiger partial charge in [-0.15, -0.1) is 0 Å². The largest absolute Gasteiger partial charge is 0.331 e. The van der Waals surface area contributed by atoms with Gasteiger partial charge < -0.3 is 9.55 Å². The van der Waals surface area contributed by atoms with Gasteiger partial charge in [0.05, 0.1) is 11.0 Å². The summed E-state index contributed by atoms with van der Waals surface area (Å²) in [7, 11) is -0.827. The van der Waals surface area contributed by atoms with Gasteiger partial charge in [0.2, 0.25) is 0 Å². The topological polar surface area (TPSA) is 37.8 Å². The summed E-state index contributed by atoms with van der Waals surface area (Å²) in [5.41, 5.74) is 2.10. The molecule has 2 atom stereocenters. The van der Waals surface area contributed by atoms with Crippen molar-refractivity contribution in [3.8, 4) is 0 Å². The van der Waals surface area contributed by atoms with Gasteiger partial charge in [-0.2, -0.15) is 0 Å². The molecule has 1 aromatic carbocycles. The Balaban J connectivity index is 2.48. The number of H-pyrrole nitrogens is 1. The second-order valence-electron chi connectivity index (χ2n) is 3.87. The van der Waals surface area contributed by atoms with E-state index in [9.17, 15) is 4.21 Å². The van der Waals surface area contributed by atoms with Crippen molar-refractivity contribution in [3.63, 3.8) is 0 Å². The second-order valence-corrected chi connectivity index (χ2v) is 6.06. The van der Waals surface area contributed by atoms with Crippen LogP contribution in [0.4, 0.5) is 0 Å². The molecule has 0 fully saturated rings. The van der Waals surface area contributed by atoms with Crippen LogP contribution in [0.2, 0.25) is 0 Å². The maximum atomic E-state index is 11.4. The highest BCUT2D eigenvalue weighted by molar-refractivity contribution is 7.84. The van der Waals surface area contributed by atoms with Crippen LogP contribution in [0.1, 0.15) is 6.92 Å². The molecule has 0 radical (unpaired) electrons. The fourth-order valence-corrected chi connectivity index (χ4v) is 2.29. The molecule has 0 spiro atoms. The second kappa shape index (κ2) is 4.51. The van der Waals surface area contributed by atoms with Crippen molar-refractivity contribution in [3.05, 3.63) is 29.0 Å². The lowest BCUT2D eigenvalue weighted by Gasteiger charge is -2.09. The molecule has 0 saturated carbocycles. The summed E-state index contributed by atoms with van der Waals surface area (Å²) in [5, 5.41) is 0.103. The first kappa shape index (κ1) is 11.5. The van der Waals surface area contributed by atoms with Crippen LogP contribution in [0.3, 0.4) is 0 Å². The van der Waals surface area contributed by atoms with Gasteiger partial charge >= 0.3 is 0 Å². The van der Waals surface area contributed by atoms with E-state index in [2.05, 4.69) is 4.98 Å². The van der Waals surface area contributed by atoms with Gasteiger partial charge in [0.15, 0.2) is 4.77 Å². The van der Waals surface area contributed by atoms with Gasteiger partial charge in [-0.3, -0.25) is 4.21 Å². The van der Waals surface area contributed by atoms with Crippen LogP contribution in [-0.4, -0.2) is 25.3 Å². The third kappa shape index (κ3) is 2.10. The van der Waals surface area contributed by atoms with Gasteiger partial charge in [-0.25, -0.2) is 0 Å². The van der Waals surface area contributed by atoms with Gasteiger partial charge in [0.25, 0.3) is 0 Å². The van der Waals surface area contributed by atoms with E-state index in [1.165, 1.54) is 0 Å². The van der Waals surface area contributed by atoms with Crippen molar-refractivity contribution in [1.82, 2.24) is 9.55 Å². The van der Waals surface area contributed by atoms with Crippen molar-refractivity contribution < 1.29 is 4.21 Å². The van der Waals surface area contributed by atoms with Crippen LogP contribution >= 0.6 is 12.2 Å². The van der Waals surface area contributed by atoms with Gasteiger partial charge in [0.1, 0.15) is 0 Å². The average molecular weight is 254 g/mol. The molecule has 0 bridgehead atoms. The van der Waals surface area contributed by atoms with Gasteiger partial charge in [-0.05, 0) is 31.3 Å². The van der Waals surface area contributed by atoms with E-state index < -0.39 is 10.8 Å². The molecule has 1 N–H and O–H groups in total. The molecule has 86 valence electrons. The Labute approximate surface area is 102 Å². The Morgan fingerprint density at radius 1 is 1.50 bits per heavy atom. The predicted molar refractivity (Wildman–Crippen MR) is 70.7 cm³/mol. The molecule has 0 amide bonds. The number of fused-ring (bicyclic) bond motifs is 1. The zero-order valence-electron chi connectivity index (χ0n) is 9.27. The van der Waals surface area contributed by atoms with Gasteiger partial charge in [-0.1, -0.05) is 12.1 Å². The number of aromatic nitrogens is 2. The zero-order chi connectivity index (χ0) is 11.7. The van der Waals surface area contributed by atoms with E-state index in [0.29, 0.717) is 11.3 Å². The first-order chi connectivity index (χ1) is 7.59. The van der Waals surface area contributed by atoms with E-state index in [1.54, 1.807) is 6.26 Å².